The number of benzene rings is 6. The molecule has 1 fully saturated rings. The van der Waals surface area contributed by atoms with Crippen molar-refractivity contribution in [3.05, 3.63) is 193 Å². The van der Waals surface area contributed by atoms with Crippen molar-refractivity contribution in [3.63, 3.8) is 0 Å². The first-order chi connectivity index (χ1) is 27.6. The summed E-state index contributed by atoms with van der Waals surface area (Å²) in [6.45, 7) is 2.39. The Morgan fingerprint density at radius 2 is 1.09 bits per heavy atom. The van der Waals surface area contributed by atoms with Crippen molar-refractivity contribution in [1.29, 1.82) is 0 Å². The molecule has 0 saturated heterocycles. The van der Waals surface area contributed by atoms with Gasteiger partial charge in [-0.15, -0.1) is 0 Å². The first-order valence-electron chi connectivity index (χ1n) is 19.5. The summed E-state index contributed by atoms with van der Waals surface area (Å²) in [4.78, 5) is 15.3. The molecule has 0 radical (unpaired) electrons. The van der Waals surface area contributed by atoms with Crippen LogP contribution in [0.3, 0.4) is 0 Å². The van der Waals surface area contributed by atoms with Gasteiger partial charge in [-0.2, -0.15) is 0 Å². The van der Waals surface area contributed by atoms with Crippen LogP contribution in [0.25, 0.3) is 67.5 Å². The SMILES string of the molecule is CC12CC(c3cc(-c4cc#ccc4)cc(-c4ccc(-c5ccccc5)cc4)c3)CCC1Oc1cccc(-c3nc(-c4ccccc4)nc(-c4ccccc4)n3)c12. The molecule has 1 saturated carbocycles. The Morgan fingerprint density at radius 1 is 0.518 bits per heavy atom. The number of rotatable bonds is 7. The van der Waals surface area contributed by atoms with Gasteiger partial charge in [-0.3, -0.25) is 0 Å². The number of hydrogen-bond acceptors (Lipinski definition) is 4. The zero-order chi connectivity index (χ0) is 37.5. The second-order valence-corrected chi connectivity index (χ2v) is 15.2. The highest BCUT2D eigenvalue weighted by molar-refractivity contribution is 5.77. The third kappa shape index (κ3) is 6.22. The van der Waals surface area contributed by atoms with Crippen LogP contribution in [-0.2, 0) is 5.41 Å². The Hall–Kier alpha value is -6.83. The summed E-state index contributed by atoms with van der Waals surface area (Å²) in [6, 6.07) is 65.8. The van der Waals surface area contributed by atoms with Crippen LogP contribution in [0.2, 0.25) is 0 Å². The Morgan fingerprint density at radius 3 is 1.71 bits per heavy atom. The van der Waals surface area contributed by atoms with Crippen molar-refractivity contribution < 1.29 is 4.74 Å². The van der Waals surface area contributed by atoms with Crippen LogP contribution in [0, 0.1) is 12.1 Å². The third-order valence-corrected chi connectivity index (χ3v) is 11.7. The maximum Gasteiger partial charge on any atom is 0.164 e. The van der Waals surface area contributed by atoms with Crippen molar-refractivity contribution in [2.24, 2.45) is 0 Å². The van der Waals surface area contributed by atoms with Crippen LogP contribution in [-0.4, -0.2) is 21.1 Å². The fourth-order valence-electron chi connectivity index (χ4n) is 8.87. The van der Waals surface area contributed by atoms with E-state index in [4.69, 9.17) is 19.7 Å². The maximum atomic E-state index is 6.84. The van der Waals surface area contributed by atoms with Gasteiger partial charge in [0, 0.05) is 27.7 Å². The predicted octanol–water partition coefficient (Wildman–Crippen LogP) is 12.5. The summed E-state index contributed by atoms with van der Waals surface area (Å²) >= 11 is 0. The molecule has 268 valence electrons. The average molecular weight is 722 g/mol. The van der Waals surface area contributed by atoms with Crippen LogP contribution >= 0.6 is 0 Å². The lowest BCUT2D eigenvalue weighted by atomic mass is 9.64. The normalized spacial score (nSPS) is 18.3. The molecule has 56 heavy (non-hydrogen) atoms. The average Bonchev–Trinajstić information content (AvgIpc) is 3.59. The van der Waals surface area contributed by atoms with E-state index in [-0.39, 0.29) is 11.5 Å². The summed E-state index contributed by atoms with van der Waals surface area (Å²) in [5.74, 6) is 3.24. The Kier molecular flexibility index (Phi) is 8.49. The summed E-state index contributed by atoms with van der Waals surface area (Å²) in [5, 5.41) is 0. The maximum absolute atomic E-state index is 6.84. The Bertz CT molecular complexity index is 2590. The molecule has 8 aromatic rings. The van der Waals surface area contributed by atoms with E-state index in [2.05, 4.69) is 140 Å². The van der Waals surface area contributed by atoms with Gasteiger partial charge in [0.15, 0.2) is 17.5 Å². The third-order valence-electron chi connectivity index (χ3n) is 11.7. The summed E-state index contributed by atoms with van der Waals surface area (Å²) < 4.78 is 6.84. The monoisotopic (exact) mass is 721 g/mol. The predicted molar refractivity (Wildman–Crippen MR) is 225 cm³/mol. The van der Waals surface area contributed by atoms with E-state index in [1.54, 1.807) is 0 Å². The van der Waals surface area contributed by atoms with E-state index in [0.29, 0.717) is 23.4 Å². The van der Waals surface area contributed by atoms with Crippen LogP contribution in [0.5, 0.6) is 5.75 Å². The molecule has 1 aliphatic heterocycles. The number of fused-ring (bicyclic) bond motifs is 3. The number of nitrogens with zero attached hydrogens (tertiary/aromatic N) is 3. The highest BCUT2D eigenvalue weighted by atomic mass is 16.5. The van der Waals surface area contributed by atoms with E-state index in [1.165, 1.54) is 38.9 Å². The molecule has 7 aromatic carbocycles. The molecule has 3 atom stereocenters. The zero-order valence-corrected chi connectivity index (χ0v) is 31.2. The highest BCUT2D eigenvalue weighted by Gasteiger charge is 2.51. The quantitative estimate of drug-likeness (QED) is 0.164. The van der Waals surface area contributed by atoms with Gasteiger partial charge in [-0.05, 0) is 94.5 Å². The van der Waals surface area contributed by atoms with Gasteiger partial charge in [-0.25, -0.2) is 15.0 Å². The molecular weight excluding hydrogens is 683 g/mol. The van der Waals surface area contributed by atoms with Gasteiger partial charge in [0.2, 0.25) is 0 Å². The zero-order valence-electron chi connectivity index (χ0n) is 31.2. The molecular formula is C52H39N3O. The van der Waals surface area contributed by atoms with E-state index < -0.39 is 0 Å². The number of hydrogen-bond donors (Lipinski definition) is 0. The number of aromatic nitrogens is 3. The minimum atomic E-state index is -0.260. The summed E-state index contributed by atoms with van der Waals surface area (Å²) in [5.41, 5.74) is 12.4. The van der Waals surface area contributed by atoms with E-state index in [1.807, 2.05) is 48.5 Å². The van der Waals surface area contributed by atoms with Gasteiger partial charge >= 0.3 is 0 Å². The van der Waals surface area contributed by atoms with Gasteiger partial charge < -0.3 is 4.74 Å². The minimum Gasteiger partial charge on any atom is -0.489 e. The molecule has 1 aromatic heterocycles. The van der Waals surface area contributed by atoms with Crippen molar-refractivity contribution in [2.75, 3.05) is 0 Å². The van der Waals surface area contributed by atoms with Gasteiger partial charge in [0.05, 0.1) is 0 Å². The van der Waals surface area contributed by atoms with E-state index in [9.17, 15) is 0 Å². The molecule has 2 aliphatic rings. The molecule has 0 N–H and O–H groups in total. The standard InChI is InChI=1S/C52H39N3O/c1-52-34-41(44-32-42(36-17-8-3-9-18-36)31-43(33-44)38-27-25-37(26-28-38)35-15-6-2-7-16-35)29-30-47(52)56-46-24-14-23-45(48(46)52)51-54-49(39-19-10-4-11-20-39)53-50(55-51)40-21-12-5-13-22-40/h2,4-8,10-28,31-33,41,47H,29-30,34H2,1H3. The largest absolute Gasteiger partial charge is 0.489 e. The topological polar surface area (TPSA) is 47.9 Å². The second kappa shape index (κ2) is 14.1. The summed E-state index contributed by atoms with van der Waals surface area (Å²) in [6.07, 6.45) is 2.99. The van der Waals surface area contributed by atoms with Crippen LogP contribution in [0.1, 0.15) is 43.2 Å². The first-order valence-corrected chi connectivity index (χ1v) is 19.5. The lowest BCUT2D eigenvalue weighted by molar-refractivity contribution is 0.101. The molecule has 10 rings (SSSR count). The van der Waals surface area contributed by atoms with E-state index in [0.717, 1.165) is 47.3 Å². The van der Waals surface area contributed by atoms with Crippen LogP contribution < -0.4 is 4.74 Å². The fraction of sp³-hybridized carbons (Fsp3) is 0.135. The molecule has 0 amide bonds. The highest BCUT2D eigenvalue weighted by Crippen LogP contribution is 2.56. The summed E-state index contributed by atoms with van der Waals surface area (Å²) in [7, 11) is 0. The lowest BCUT2D eigenvalue weighted by Crippen LogP contribution is -2.41. The van der Waals surface area contributed by atoms with Crippen molar-refractivity contribution in [2.45, 2.75) is 43.6 Å². The minimum absolute atomic E-state index is 0.0615. The second-order valence-electron chi connectivity index (χ2n) is 15.2. The molecule has 1 aliphatic carbocycles. The van der Waals surface area contributed by atoms with Crippen molar-refractivity contribution >= 4 is 0 Å². The molecule has 0 bridgehead atoms. The molecule has 0 spiro atoms. The van der Waals surface area contributed by atoms with Gasteiger partial charge in [0.25, 0.3) is 0 Å². The van der Waals surface area contributed by atoms with Gasteiger partial charge in [-0.1, -0.05) is 159 Å². The lowest BCUT2D eigenvalue weighted by Gasteiger charge is -2.40. The van der Waals surface area contributed by atoms with Crippen LogP contribution in [0.4, 0.5) is 0 Å². The molecule has 2 heterocycles. The smallest absolute Gasteiger partial charge is 0.164 e. The molecule has 3 unspecified atom stereocenters. The Labute approximate surface area is 328 Å². The Balaban J connectivity index is 1.05. The van der Waals surface area contributed by atoms with Crippen LogP contribution in [0.15, 0.2) is 170 Å². The van der Waals surface area contributed by atoms with Crippen molar-refractivity contribution in [3.8, 4) is 73.3 Å². The number of ether oxygens (including phenoxy) is 1. The molecule has 4 nitrogen and oxygen atoms in total. The van der Waals surface area contributed by atoms with Crippen molar-refractivity contribution in [1.82, 2.24) is 15.0 Å². The van der Waals surface area contributed by atoms with Gasteiger partial charge in [0.1, 0.15) is 11.9 Å². The van der Waals surface area contributed by atoms with E-state index >= 15 is 0 Å². The first kappa shape index (κ1) is 33.7. The fourth-order valence-corrected chi connectivity index (χ4v) is 8.87. The molecule has 4 heteroatoms.